The van der Waals surface area contributed by atoms with E-state index in [4.69, 9.17) is 18.9 Å². The lowest BCUT2D eigenvalue weighted by molar-refractivity contribution is -0.131. The van der Waals surface area contributed by atoms with Gasteiger partial charge in [0.25, 0.3) is 0 Å². The Balaban J connectivity index is 0.00000726. The molecule has 0 aliphatic carbocycles. The Morgan fingerprint density at radius 3 is 1.06 bits per heavy atom. The molecule has 8 nitrogen and oxygen atoms in total. The van der Waals surface area contributed by atoms with Gasteiger partial charge >= 0.3 is 23.9 Å². The van der Waals surface area contributed by atoms with E-state index >= 15 is 0 Å². The first kappa shape index (κ1) is 45.2. The molecule has 0 N–H and O–H groups in total. The van der Waals surface area contributed by atoms with Crippen LogP contribution in [-0.2, 0) is 19.2 Å². The summed E-state index contributed by atoms with van der Waals surface area (Å²) in [6.45, 7) is 21.2. The Hall–Kier alpha value is -7.84. The van der Waals surface area contributed by atoms with E-state index in [-0.39, 0.29) is 41.2 Å². The monoisotopic (exact) mass is 824 g/mol. The molecule has 6 aromatic carbocycles. The molecule has 0 saturated heterocycles. The molecule has 6 aromatic rings. The molecule has 6 rings (SSSR count). The van der Waals surface area contributed by atoms with Crippen LogP contribution in [0.5, 0.6) is 23.0 Å². The number of rotatable bonds is 14. The number of carbonyl (C=O) groups is 4. The third-order valence-electron chi connectivity index (χ3n) is 9.59. The van der Waals surface area contributed by atoms with Crippen molar-refractivity contribution < 1.29 is 38.1 Å². The Kier molecular flexibility index (Phi) is 14.6. The first-order valence-electron chi connectivity index (χ1n) is 19.3. The van der Waals surface area contributed by atoms with Crippen molar-refractivity contribution >= 4 is 23.9 Å². The lowest BCUT2D eigenvalue weighted by Crippen LogP contribution is -2.15. The van der Waals surface area contributed by atoms with Crippen LogP contribution in [0.4, 0.5) is 0 Å². The van der Waals surface area contributed by atoms with Crippen molar-refractivity contribution in [2.75, 3.05) is 0 Å². The van der Waals surface area contributed by atoms with E-state index in [1.807, 2.05) is 103 Å². The molecule has 0 saturated carbocycles. The summed E-state index contributed by atoms with van der Waals surface area (Å²) in [5.41, 5.74) is 7.96. The molecule has 0 aromatic heterocycles. The maximum absolute atomic E-state index is 13.3. The van der Waals surface area contributed by atoms with Gasteiger partial charge in [0.05, 0.1) is 0 Å². The van der Waals surface area contributed by atoms with Crippen LogP contribution in [0.15, 0.2) is 188 Å². The summed E-state index contributed by atoms with van der Waals surface area (Å²) < 4.78 is 23.0. The average Bonchev–Trinajstić information content (AvgIpc) is 3.25. The molecule has 0 amide bonds. The Morgan fingerprint density at radius 2 is 0.694 bits per heavy atom. The van der Waals surface area contributed by atoms with Crippen LogP contribution in [0.2, 0.25) is 0 Å². The minimum atomic E-state index is -0.711. The quantitative estimate of drug-likeness (QED) is 0.0463. The van der Waals surface area contributed by atoms with Crippen LogP contribution >= 0.6 is 0 Å². The standard InChI is InChI=1S/C53H44O8.CH4/c1-32(2)50(54)58-43-24-18-38(19-25-43)41-22-28-47(60-52(56)34(5)6)45(30-41)49(40-16-14-37(15-17-40)36-12-10-9-11-13-36)46-31-42(23-29-48(46)61-53(57)35(7)8)39-20-26-44(27-21-39)59-51(55)33(3)4;/h9-31,49H,1,3,5,7H2,2,4,6,8H3;1H4. The van der Waals surface area contributed by atoms with Crippen molar-refractivity contribution in [3.05, 3.63) is 205 Å². The SMILES string of the molecule is C.C=C(C)C(=O)Oc1ccc(-c2ccc(OC(=O)C(=C)C)c(C(c3ccc(-c4ccccc4)cc3)c3cc(-c4ccc(OC(=O)C(=C)C)cc4)ccc3OC(=O)C(=C)C)c2)cc1. The van der Waals surface area contributed by atoms with Crippen molar-refractivity contribution in [1.82, 2.24) is 0 Å². The minimum Gasteiger partial charge on any atom is -0.423 e. The maximum Gasteiger partial charge on any atom is 0.338 e. The fourth-order valence-electron chi connectivity index (χ4n) is 6.31. The van der Waals surface area contributed by atoms with E-state index < -0.39 is 29.8 Å². The van der Waals surface area contributed by atoms with Crippen molar-refractivity contribution in [1.29, 1.82) is 0 Å². The van der Waals surface area contributed by atoms with Gasteiger partial charge in [-0.15, -0.1) is 0 Å². The first-order chi connectivity index (χ1) is 29.2. The molecule has 0 bridgehead atoms. The molecule has 62 heavy (non-hydrogen) atoms. The zero-order valence-corrected chi connectivity index (χ0v) is 34.5. The van der Waals surface area contributed by atoms with Gasteiger partial charge in [-0.05, 0) is 115 Å². The predicted molar refractivity (Wildman–Crippen MR) is 245 cm³/mol. The van der Waals surface area contributed by atoms with Gasteiger partial charge in [0.15, 0.2) is 0 Å². The summed E-state index contributed by atoms with van der Waals surface area (Å²) in [5.74, 6) is -1.81. The predicted octanol–water partition coefficient (Wildman–Crippen LogP) is 12.4. The fourth-order valence-corrected chi connectivity index (χ4v) is 6.31. The lowest BCUT2D eigenvalue weighted by Gasteiger charge is -2.25. The second kappa shape index (κ2) is 19.9. The molecule has 8 heteroatoms. The number of ether oxygens (including phenoxy) is 4. The molecule has 0 atom stereocenters. The summed E-state index contributed by atoms with van der Waals surface area (Å²) in [5, 5.41) is 0. The molecule has 0 aliphatic rings. The number of benzene rings is 6. The van der Waals surface area contributed by atoms with Gasteiger partial charge in [-0.25, -0.2) is 19.2 Å². The number of esters is 4. The summed E-state index contributed by atoms with van der Waals surface area (Å²) in [6.07, 6.45) is 0. The van der Waals surface area contributed by atoms with Crippen LogP contribution < -0.4 is 18.9 Å². The zero-order valence-electron chi connectivity index (χ0n) is 34.5. The van der Waals surface area contributed by atoms with Crippen molar-refractivity contribution in [3.8, 4) is 56.4 Å². The van der Waals surface area contributed by atoms with Crippen molar-refractivity contribution in [2.45, 2.75) is 41.0 Å². The molecule has 0 unspecified atom stereocenters. The van der Waals surface area contributed by atoms with E-state index in [1.54, 1.807) is 64.1 Å². The van der Waals surface area contributed by atoms with Crippen LogP contribution in [-0.4, -0.2) is 23.9 Å². The van der Waals surface area contributed by atoms with Gasteiger partial charge in [0.2, 0.25) is 0 Å². The third kappa shape index (κ3) is 10.9. The van der Waals surface area contributed by atoms with Gasteiger partial charge in [-0.1, -0.05) is 125 Å². The highest BCUT2D eigenvalue weighted by Crippen LogP contribution is 2.45. The van der Waals surface area contributed by atoms with Gasteiger partial charge in [-0.2, -0.15) is 0 Å². The minimum absolute atomic E-state index is 0. The molecular formula is C54H48O8. The van der Waals surface area contributed by atoms with Gasteiger partial charge in [0.1, 0.15) is 23.0 Å². The smallest absolute Gasteiger partial charge is 0.338 e. The van der Waals surface area contributed by atoms with Crippen LogP contribution in [0, 0.1) is 0 Å². The molecule has 0 fully saturated rings. The van der Waals surface area contributed by atoms with Crippen LogP contribution in [0.25, 0.3) is 33.4 Å². The summed E-state index contributed by atoms with van der Waals surface area (Å²) >= 11 is 0. The van der Waals surface area contributed by atoms with E-state index in [2.05, 4.69) is 26.3 Å². The summed E-state index contributed by atoms with van der Waals surface area (Å²) in [7, 11) is 0. The van der Waals surface area contributed by atoms with Gasteiger partial charge in [0, 0.05) is 39.3 Å². The fraction of sp³-hybridized carbons (Fsp3) is 0.111. The van der Waals surface area contributed by atoms with E-state index in [1.165, 1.54) is 0 Å². The van der Waals surface area contributed by atoms with Crippen LogP contribution in [0.1, 0.15) is 57.7 Å². The van der Waals surface area contributed by atoms with Crippen LogP contribution in [0.3, 0.4) is 0 Å². The largest absolute Gasteiger partial charge is 0.423 e. The summed E-state index contributed by atoms with van der Waals surface area (Å²) in [6, 6.07) is 43.0. The van der Waals surface area contributed by atoms with Gasteiger partial charge in [-0.3, -0.25) is 0 Å². The van der Waals surface area contributed by atoms with E-state index in [0.29, 0.717) is 22.6 Å². The number of hydrogen-bond acceptors (Lipinski definition) is 8. The zero-order chi connectivity index (χ0) is 43.8. The molecule has 0 heterocycles. The summed E-state index contributed by atoms with van der Waals surface area (Å²) in [4.78, 5) is 51.0. The molecule has 0 aliphatic heterocycles. The van der Waals surface area contributed by atoms with Crippen molar-refractivity contribution in [3.63, 3.8) is 0 Å². The van der Waals surface area contributed by atoms with E-state index in [0.717, 1.165) is 38.9 Å². The highest BCUT2D eigenvalue weighted by molar-refractivity contribution is 5.91. The third-order valence-corrected chi connectivity index (χ3v) is 9.59. The molecular weight excluding hydrogens is 777 g/mol. The number of carbonyl (C=O) groups excluding carboxylic acids is 4. The highest BCUT2D eigenvalue weighted by Gasteiger charge is 2.28. The topological polar surface area (TPSA) is 105 Å². The van der Waals surface area contributed by atoms with Gasteiger partial charge < -0.3 is 18.9 Å². The lowest BCUT2D eigenvalue weighted by atomic mass is 9.81. The Labute approximate surface area is 363 Å². The second-order valence-corrected chi connectivity index (χ2v) is 14.7. The number of hydrogen-bond donors (Lipinski definition) is 0. The van der Waals surface area contributed by atoms with E-state index in [9.17, 15) is 19.2 Å². The van der Waals surface area contributed by atoms with Crippen molar-refractivity contribution in [2.24, 2.45) is 0 Å². The normalized spacial score (nSPS) is 10.5. The first-order valence-corrected chi connectivity index (χ1v) is 19.3. The molecule has 0 radical (unpaired) electrons. The average molecular weight is 825 g/mol. The maximum atomic E-state index is 13.3. The second-order valence-electron chi connectivity index (χ2n) is 14.7. The highest BCUT2D eigenvalue weighted by atomic mass is 16.5. The Morgan fingerprint density at radius 1 is 0.387 bits per heavy atom. The molecule has 312 valence electrons. The Bertz CT molecular complexity index is 2540. The molecule has 0 spiro atoms.